The van der Waals surface area contributed by atoms with E-state index in [0.717, 1.165) is 25.6 Å². The maximum Gasteiger partial charge on any atom is 0.233 e. The Hall–Kier alpha value is -2.34. The highest BCUT2D eigenvalue weighted by molar-refractivity contribution is 7.91. The average Bonchev–Trinajstić information content (AvgIpc) is 3.18. The first-order valence-electron chi connectivity index (χ1n) is 10.8. The van der Waals surface area contributed by atoms with Gasteiger partial charge in [-0.2, -0.15) is 0 Å². The Morgan fingerprint density at radius 3 is 2.03 bits per heavy atom. The van der Waals surface area contributed by atoms with Crippen molar-refractivity contribution >= 4 is 52.3 Å². The largest absolute Gasteiger partial charge is 0.302 e. The van der Waals surface area contributed by atoms with E-state index in [1.807, 2.05) is 0 Å². The number of rotatable bonds is 10. The number of thiazole rings is 1. The quantitative estimate of drug-likeness (QED) is 0.402. The summed E-state index contributed by atoms with van der Waals surface area (Å²) in [5, 5.41) is 0.505. The third-order valence-corrected chi connectivity index (χ3v) is 8.83. The van der Waals surface area contributed by atoms with E-state index >= 15 is 0 Å². The van der Waals surface area contributed by atoms with Crippen LogP contribution in [0.15, 0.2) is 52.3 Å². The molecule has 0 aliphatic carbocycles. The van der Waals surface area contributed by atoms with Crippen LogP contribution in [0.5, 0.6) is 0 Å². The van der Waals surface area contributed by atoms with Crippen LogP contribution in [0.1, 0.15) is 19.4 Å². The van der Waals surface area contributed by atoms with Crippen molar-refractivity contribution in [2.24, 2.45) is 0 Å². The maximum atomic E-state index is 13.3. The average molecular weight is 524 g/mol. The Bertz CT molecular complexity index is 1380. The van der Waals surface area contributed by atoms with Gasteiger partial charge < -0.3 is 4.90 Å². The summed E-state index contributed by atoms with van der Waals surface area (Å²) in [6.07, 6.45) is 2.39. The van der Waals surface area contributed by atoms with Crippen LogP contribution in [-0.4, -0.2) is 71.3 Å². The summed E-state index contributed by atoms with van der Waals surface area (Å²) in [6, 6.07) is 11.1. The first-order valence-corrected chi connectivity index (χ1v) is 15.4. The summed E-state index contributed by atoms with van der Waals surface area (Å²) in [5.41, 5.74) is 1.33. The standard InChI is InChI=1S/C23H29N3O5S3/c1-5-25(6-2)13-14-26(22(27)15-17-7-9-18(10-8-17)33(3,28)29)23-24-20-12-11-19(34(4,30)31)16-21(20)32-23/h7-12,16H,5-6,13-15H2,1-4H3. The zero-order valence-corrected chi connectivity index (χ0v) is 22.1. The van der Waals surface area contributed by atoms with Gasteiger partial charge in [-0.25, -0.2) is 21.8 Å². The van der Waals surface area contributed by atoms with Crippen molar-refractivity contribution in [3.63, 3.8) is 0 Å². The zero-order valence-electron chi connectivity index (χ0n) is 19.7. The lowest BCUT2D eigenvalue weighted by Gasteiger charge is -2.24. The van der Waals surface area contributed by atoms with Crippen LogP contribution in [0, 0.1) is 0 Å². The first kappa shape index (κ1) is 26.3. The summed E-state index contributed by atoms with van der Waals surface area (Å²) >= 11 is 1.28. The van der Waals surface area contributed by atoms with E-state index < -0.39 is 19.7 Å². The number of hydrogen-bond donors (Lipinski definition) is 0. The van der Waals surface area contributed by atoms with Crippen molar-refractivity contribution in [2.45, 2.75) is 30.1 Å². The van der Waals surface area contributed by atoms with Gasteiger partial charge in [-0.1, -0.05) is 37.3 Å². The van der Waals surface area contributed by atoms with Gasteiger partial charge in [-0.3, -0.25) is 9.69 Å². The summed E-state index contributed by atoms with van der Waals surface area (Å²) in [4.78, 5) is 22.2. The molecule has 0 unspecified atom stereocenters. The van der Waals surface area contributed by atoms with E-state index in [0.29, 0.717) is 34.0 Å². The second-order valence-electron chi connectivity index (χ2n) is 8.06. The fourth-order valence-corrected chi connectivity index (χ4v) is 5.87. The zero-order chi connectivity index (χ0) is 25.1. The Morgan fingerprint density at radius 2 is 1.47 bits per heavy atom. The van der Waals surface area contributed by atoms with Crippen molar-refractivity contribution < 1.29 is 21.6 Å². The van der Waals surface area contributed by atoms with E-state index in [2.05, 4.69) is 23.7 Å². The minimum absolute atomic E-state index is 0.0901. The minimum atomic E-state index is -3.36. The van der Waals surface area contributed by atoms with E-state index in [-0.39, 0.29) is 22.1 Å². The van der Waals surface area contributed by atoms with Crippen molar-refractivity contribution in [2.75, 3.05) is 43.6 Å². The summed E-state index contributed by atoms with van der Waals surface area (Å²) in [7, 11) is -6.67. The van der Waals surface area contributed by atoms with Gasteiger partial charge in [-0.05, 0) is 49.0 Å². The second-order valence-corrected chi connectivity index (χ2v) is 13.1. The topological polar surface area (TPSA) is 105 Å². The van der Waals surface area contributed by atoms with Crippen LogP contribution >= 0.6 is 11.3 Å². The van der Waals surface area contributed by atoms with Crippen LogP contribution in [0.25, 0.3) is 10.2 Å². The van der Waals surface area contributed by atoms with Gasteiger partial charge >= 0.3 is 0 Å². The molecule has 0 radical (unpaired) electrons. The summed E-state index contributed by atoms with van der Waals surface area (Å²) in [5.74, 6) is -0.165. The molecule has 0 bridgehead atoms. The Labute approximate surface area is 205 Å². The van der Waals surface area contributed by atoms with Gasteiger partial charge in [0.05, 0.1) is 26.4 Å². The van der Waals surface area contributed by atoms with Gasteiger partial charge in [0.25, 0.3) is 0 Å². The first-order chi connectivity index (χ1) is 15.9. The number of carbonyl (C=O) groups is 1. The maximum absolute atomic E-state index is 13.3. The molecule has 2 aromatic carbocycles. The lowest BCUT2D eigenvalue weighted by Crippen LogP contribution is -2.39. The molecular formula is C23H29N3O5S3. The molecule has 1 heterocycles. The molecule has 11 heteroatoms. The van der Waals surface area contributed by atoms with Crippen molar-refractivity contribution in [3.05, 3.63) is 48.0 Å². The number of fused-ring (bicyclic) bond motifs is 1. The molecule has 3 aromatic rings. The van der Waals surface area contributed by atoms with Crippen LogP contribution in [0.3, 0.4) is 0 Å². The van der Waals surface area contributed by atoms with Crippen LogP contribution in [0.4, 0.5) is 5.13 Å². The van der Waals surface area contributed by atoms with Crippen molar-refractivity contribution in [1.82, 2.24) is 9.88 Å². The predicted molar refractivity (Wildman–Crippen MR) is 136 cm³/mol. The molecule has 0 fully saturated rings. The summed E-state index contributed by atoms with van der Waals surface area (Å²) < 4.78 is 48.0. The second kappa shape index (κ2) is 10.5. The summed E-state index contributed by atoms with van der Waals surface area (Å²) in [6.45, 7) is 6.91. The normalized spacial score (nSPS) is 12.4. The molecule has 0 saturated heterocycles. The number of aromatic nitrogens is 1. The smallest absolute Gasteiger partial charge is 0.233 e. The fourth-order valence-electron chi connectivity index (χ4n) is 3.47. The lowest BCUT2D eigenvalue weighted by molar-refractivity contribution is -0.118. The van der Waals surface area contributed by atoms with Gasteiger partial charge in [0.15, 0.2) is 24.8 Å². The number of nitrogens with zero attached hydrogens (tertiary/aromatic N) is 3. The fraction of sp³-hybridized carbons (Fsp3) is 0.391. The molecule has 0 aliphatic heterocycles. The number of hydrogen-bond acceptors (Lipinski definition) is 8. The Balaban J connectivity index is 1.92. The molecule has 0 N–H and O–H groups in total. The van der Waals surface area contributed by atoms with Gasteiger partial charge in [0.2, 0.25) is 5.91 Å². The molecule has 184 valence electrons. The Kier molecular flexibility index (Phi) is 8.12. The number of likely N-dealkylation sites (N-methyl/N-ethyl adjacent to an activating group) is 1. The third kappa shape index (κ3) is 6.41. The molecule has 0 aliphatic rings. The SMILES string of the molecule is CCN(CC)CCN(C(=O)Cc1ccc(S(C)(=O)=O)cc1)c1nc2ccc(S(C)(=O)=O)cc2s1. The monoisotopic (exact) mass is 523 g/mol. The van der Waals surface area contributed by atoms with Crippen LogP contribution in [0.2, 0.25) is 0 Å². The van der Waals surface area contributed by atoms with Gasteiger partial charge in [0.1, 0.15) is 0 Å². The van der Waals surface area contributed by atoms with Gasteiger partial charge in [-0.15, -0.1) is 0 Å². The van der Waals surface area contributed by atoms with E-state index in [1.54, 1.807) is 29.2 Å². The lowest BCUT2D eigenvalue weighted by atomic mass is 10.1. The van der Waals surface area contributed by atoms with Crippen molar-refractivity contribution in [1.29, 1.82) is 0 Å². The molecule has 0 saturated carbocycles. The minimum Gasteiger partial charge on any atom is -0.302 e. The molecule has 8 nitrogen and oxygen atoms in total. The molecule has 0 spiro atoms. The molecular weight excluding hydrogens is 494 g/mol. The van der Waals surface area contributed by atoms with E-state index in [4.69, 9.17) is 0 Å². The molecule has 0 atom stereocenters. The molecule has 34 heavy (non-hydrogen) atoms. The van der Waals surface area contributed by atoms with E-state index in [9.17, 15) is 21.6 Å². The number of carbonyl (C=O) groups excluding carboxylic acids is 1. The number of anilines is 1. The highest BCUT2D eigenvalue weighted by Crippen LogP contribution is 2.31. The van der Waals surface area contributed by atoms with Crippen LogP contribution < -0.4 is 4.90 Å². The van der Waals surface area contributed by atoms with Crippen molar-refractivity contribution in [3.8, 4) is 0 Å². The number of amides is 1. The number of benzene rings is 2. The van der Waals surface area contributed by atoms with E-state index in [1.165, 1.54) is 29.5 Å². The molecule has 3 rings (SSSR count). The number of sulfone groups is 2. The predicted octanol–water partition coefficient (Wildman–Crippen LogP) is 3.02. The molecule has 1 amide bonds. The highest BCUT2D eigenvalue weighted by atomic mass is 32.2. The Morgan fingerprint density at radius 1 is 0.882 bits per heavy atom. The van der Waals surface area contributed by atoms with Gasteiger partial charge in [0, 0.05) is 25.6 Å². The molecule has 1 aromatic heterocycles. The highest BCUT2D eigenvalue weighted by Gasteiger charge is 2.22. The van der Waals surface area contributed by atoms with Crippen LogP contribution in [-0.2, 0) is 30.9 Å². The third-order valence-electron chi connectivity index (χ3n) is 5.55.